The number of carbonyl (C=O) groups excluding carboxylic acids is 1. The molecule has 0 radical (unpaired) electrons. The highest BCUT2D eigenvalue weighted by atomic mass is 32.1. The summed E-state index contributed by atoms with van der Waals surface area (Å²) in [7, 11) is 1.86. The number of nitrogens with two attached hydrogens (primary N) is 1. The van der Waals surface area contributed by atoms with E-state index in [-0.39, 0.29) is 17.3 Å². The molecule has 3 N–H and O–H groups in total. The topological polar surface area (TPSA) is 120 Å². The molecule has 0 spiro atoms. The van der Waals surface area contributed by atoms with Crippen molar-refractivity contribution in [3.8, 4) is 23.1 Å². The minimum Gasteiger partial charge on any atom is -0.383 e. The first-order valence-electron chi connectivity index (χ1n) is 11.4. The molecular formula is C26H21N9OS. The summed E-state index contributed by atoms with van der Waals surface area (Å²) in [5, 5.41) is 9.21. The van der Waals surface area contributed by atoms with Crippen LogP contribution in [0.15, 0.2) is 66.8 Å². The summed E-state index contributed by atoms with van der Waals surface area (Å²) in [6, 6.07) is 9.50. The maximum atomic E-state index is 13.3. The molecule has 0 aliphatic rings. The molecule has 6 aromatic rings. The van der Waals surface area contributed by atoms with E-state index in [9.17, 15) is 4.79 Å². The molecule has 0 saturated carbocycles. The first-order valence-corrected chi connectivity index (χ1v) is 12.3. The number of anilines is 1. The summed E-state index contributed by atoms with van der Waals surface area (Å²) in [4.78, 5) is 27.4. The molecule has 5 heterocycles. The van der Waals surface area contributed by atoms with Crippen molar-refractivity contribution in [2.75, 3.05) is 5.73 Å². The standard InChI is InChI=1S/C26H21N9OS/c1-16(31-25(36)20-23(27)29-15-34-11-10-28-24(20)34)21-22(18-6-4-3-5-7-18)35-19(14-37-26(35)32-21)9-8-17-12-30-33(2)13-17/h3-7,10-16H,27H2,1-2H3,(H,31,36). The molecule has 11 heteroatoms. The highest BCUT2D eigenvalue weighted by Crippen LogP contribution is 2.33. The fraction of sp³-hybridized carbons (Fsp3) is 0.115. The summed E-state index contributed by atoms with van der Waals surface area (Å²) in [5.41, 5.74) is 10.9. The zero-order chi connectivity index (χ0) is 25.5. The predicted octanol–water partition coefficient (Wildman–Crippen LogP) is 3.31. The van der Waals surface area contributed by atoms with E-state index < -0.39 is 6.04 Å². The number of fused-ring (bicyclic) bond motifs is 2. The molecule has 182 valence electrons. The number of nitrogens with one attached hydrogen (secondary N) is 1. The lowest BCUT2D eigenvalue weighted by atomic mass is 10.1. The van der Waals surface area contributed by atoms with Crippen molar-refractivity contribution >= 4 is 33.7 Å². The first kappa shape index (κ1) is 22.5. The first-order chi connectivity index (χ1) is 18.0. The fourth-order valence-electron chi connectivity index (χ4n) is 4.22. The minimum atomic E-state index is -0.441. The molecule has 1 aromatic carbocycles. The van der Waals surface area contributed by atoms with Crippen LogP contribution in [0.25, 0.3) is 21.9 Å². The minimum absolute atomic E-state index is 0.116. The molecular weight excluding hydrogens is 486 g/mol. The lowest BCUT2D eigenvalue weighted by molar-refractivity contribution is 0.0941. The summed E-state index contributed by atoms with van der Waals surface area (Å²) < 4.78 is 5.41. The van der Waals surface area contributed by atoms with Gasteiger partial charge in [-0.15, -0.1) is 11.3 Å². The maximum Gasteiger partial charge on any atom is 0.259 e. The van der Waals surface area contributed by atoms with Gasteiger partial charge in [-0.05, 0) is 12.8 Å². The average Bonchev–Trinajstić information content (AvgIpc) is 3.67. The van der Waals surface area contributed by atoms with E-state index in [1.165, 1.54) is 17.7 Å². The number of nitrogens with zero attached hydrogens (tertiary/aromatic N) is 7. The van der Waals surface area contributed by atoms with E-state index in [1.807, 2.05) is 60.3 Å². The number of hydrogen-bond acceptors (Lipinski definition) is 7. The highest BCUT2D eigenvalue weighted by molar-refractivity contribution is 7.15. The van der Waals surface area contributed by atoms with E-state index in [0.717, 1.165) is 33.2 Å². The number of carbonyl (C=O) groups is 1. The number of thiazole rings is 1. The Morgan fingerprint density at radius 3 is 2.81 bits per heavy atom. The summed E-state index contributed by atoms with van der Waals surface area (Å²) in [6.07, 6.45) is 8.44. The molecule has 0 fully saturated rings. The molecule has 10 nitrogen and oxygen atoms in total. The Morgan fingerprint density at radius 2 is 2.03 bits per heavy atom. The quantitative estimate of drug-likeness (QED) is 0.353. The molecule has 0 bridgehead atoms. The van der Waals surface area contributed by atoms with Crippen molar-refractivity contribution in [3.63, 3.8) is 0 Å². The third-order valence-electron chi connectivity index (χ3n) is 5.93. The van der Waals surface area contributed by atoms with Crippen molar-refractivity contribution < 1.29 is 4.79 Å². The lowest BCUT2D eigenvalue weighted by Crippen LogP contribution is -2.29. The molecule has 1 atom stereocenters. The average molecular weight is 508 g/mol. The van der Waals surface area contributed by atoms with Gasteiger partial charge in [0, 0.05) is 36.6 Å². The SMILES string of the molecule is CC(NC(=O)c1c(N)ncn2ccnc12)c1nc2scc(C#Cc3cnn(C)c3)n2c1-c1ccccc1. The monoisotopic (exact) mass is 507 g/mol. The van der Waals surface area contributed by atoms with E-state index in [4.69, 9.17) is 10.7 Å². The maximum absolute atomic E-state index is 13.3. The van der Waals surface area contributed by atoms with E-state index in [2.05, 4.69) is 32.2 Å². The molecule has 5 aromatic heterocycles. The summed E-state index contributed by atoms with van der Waals surface area (Å²) in [5.74, 6) is 6.18. The zero-order valence-electron chi connectivity index (χ0n) is 20.0. The Hall–Kier alpha value is -4.95. The van der Waals surface area contributed by atoms with Gasteiger partial charge in [0.25, 0.3) is 5.91 Å². The summed E-state index contributed by atoms with van der Waals surface area (Å²) in [6.45, 7) is 1.90. The predicted molar refractivity (Wildman–Crippen MR) is 141 cm³/mol. The van der Waals surface area contributed by atoms with Crippen LogP contribution < -0.4 is 11.1 Å². The third-order valence-corrected chi connectivity index (χ3v) is 6.76. The van der Waals surface area contributed by atoms with Gasteiger partial charge in [0.15, 0.2) is 10.6 Å². The van der Waals surface area contributed by atoms with Gasteiger partial charge in [-0.25, -0.2) is 15.0 Å². The summed E-state index contributed by atoms with van der Waals surface area (Å²) >= 11 is 1.49. The van der Waals surface area contributed by atoms with Crippen LogP contribution in [0.5, 0.6) is 0 Å². The normalized spacial score (nSPS) is 11.9. The van der Waals surface area contributed by atoms with Gasteiger partial charge in [-0.3, -0.25) is 18.3 Å². The third kappa shape index (κ3) is 3.99. The van der Waals surface area contributed by atoms with Gasteiger partial charge < -0.3 is 11.1 Å². The zero-order valence-corrected chi connectivity index (χ0v) is 20.8. The fourth-order valence-corrected chi connectivity index (χ4v) is 5.05. The van der Waals surface area contributed by atoms with Gasteiger partial charge >= 0.3 is 0 Å². The van der Waals surface area contributed by atoms with Crippen LogP contribution in [0.2, 0.25) is 0 Å². The van der Waals surface area contributed by atoms with Crippen LogP contribution in [-0.2, 0) is 7.05 Å². The number of hydrogen-bond donors (Lipinski definition) is 2. The molecule has 37 heavy (non-hydrogen) atoms. The van der Waals surface area contributed by atoms with Gasteiger partial charge in [0.1, 0.15) is 23.4 Å². The number of imidazole rings is 2. The van der Waals surface area contributed by atoms with E-state index in [1.54, 1.807) is 27.7 Å². The van der Waals surface area contributed by atoms with Gasteiger partial charge in [-0.2, -0.15) is 5.10 Å². The Labute approximate surface area is 215 Å². The molecule has 6 rings (SSSR count). The highest BCUT2D eigenvalue weighted by Gasteiger charge is 2.25. The van der Waals surface area contributed by atoms with Gasteiger partial charge in [0.2, 0.25) is 0 Å². The largest absolute Gasteiger partial charge is 0.383 e. The van der Waals surface area contributed by atoms with Gasteiger partial charge in [0.05, 0.1) is 29.2 Å². The molecule has 0 aliphatic carbocycles. The van der Waals surface area contributed by atoms with Crippen molar-refractivity contribution in [1.29, 1.82) is 0 Å². The van der Waals surface area contributed by atoms with Crippen LogP contribution >= 0.6 is 11.3 Å². The molecule has 1 unspecified atom stereocenters. The van der Waals surface area contributed by atoms with Crippen molar-refractivity contribution in [3.05, 3.63) is 89.3 Å². The lowest BCUT2D eigenvalue weighted by Gasteiger charge is -2.15. The molecule has 1 amide bonds. The number of aryl methyl sites for hydroxylation is 1. The Morgan fingerprint density at radius 1 is 1.19 bits per heavy atom. The molecule has 0 saturated heterocycles. The number of benzene rings is 1. The van der Waals surface area contributed by atoms with E-state index in [0.29, 0.717) is 5.65 Å². The van der Waals surface area contributed by atoms with Crippen molar-refractivity contribution in [1.82, 2.24) is 38.9 Å². The van der Waals surface area contributed by atoms with Crippen LogP contribution in [-0.4, -0.2) is 39.4 Å². The van der Waals surface area contributed by atoms with Crippen LogP contribution in [0.4, 0.5) is 5.82 Å². The number of aromatic nitrogens is 7. The Balaban J connectivity index is 1.43. The number of rotatable bonds is 4. The second-order valence-corrected chi connectivity index (χ2v) is 9.30. The van der Waals surface area contributed by atoms with Crippen LogP contribution in [0.3, 0.4) is 0 Å². The van der Waals surface area contributed by atoms with Gasteiger partial charge in [-0.1, -0.05) is 36.3 Å². The number of amides is 1. The number of nitrogen functional groups attached to an aromatic ring is 1. The Bertz CT molecular complexity index is 1830. The van der Waals surface area contributed by atoms with Crippen molar-refractivity contribution in [2.24, 2.45) is 7.05 Å². The van der Waals surface area contributed by atoms with Crippen LogP contribution in [0.1, 0.15) is 40.3 Å². The molecule has 0 aliphatic heterocycles. The second kappa shape index (κ2) is 8.92. The van der Waals surface area contributed by atoms with Crippen LogP contribution in [0, 0.1) is 11.8 Å². The second-order valence-electron chi connectivity index (χ2n) is 8.46. The Kier molecular flexibility index (Phi) is 5.43. The smallest absolute Gasteiger partial charge is 0.259 e. The van der Waals surface area contributed by atoms with E-state index >= 15 is 0 Å². The van der Waals surface area contributed by atoms with Crippen molar-refractivity contribution in [2.45, 2.75) is 13.0 Å².